The van der Waals surface area contributed by atoms with Crippen LogP contribution in [-0.2, 0) is 0 Å². The molecule has 0 saturated carbocycles. The lowest BCUT2D eigenvalue weighted by Gasteiger charge is -2.14. The molecule has 4 heteroatoms. The molecule has 0 bridgehead atoms. The first kappa shape index (κ1) is 24.1. The Kier molecular flexibility index (Phi) is 4.55. The summed E-state index contributed by atoms with van der Waals surface area (Å²) in [6.07, 6.45) is 0. The van der Waals surface area contributed by atoms with Gasteiger partial charge in [-0.2, -0.15) is 0 Å². The molecule has 11 rings (SSSR count). The molecule has 3 aromatic heterocycles. The van der Waals surface area contributed by atoms with Crippen LogP contribution < -0.4 is 0 Å². The summed E-state index contributed by atoms with van der Waals surface area (Å²) in [6, 6.07) is 52.5. The van der Waals surface area contributed by atoms with Gasteiger partial charge in [-0.05, 0) is 92.0 Å². The lowest BCUT2D eigenvalue weighted by Crippen LogP contribution is -2.06. The molecule has 4 nitrogen and oxygen atoms in total. The molecule has 0 spiro atoms. The van der Waals surface area contributed by atoms with Crippen LogP contribution in [0.3, 0.4) is 0 Å². The number of hydrogen-bond acceptors (Lipinski definition) is 2. The first-order chi connectivity index (χ1) is 22.8. The Morgan fingerprint density at radius 1 is 0.391 bits per heavy atom. The highest BCUT2D eigenvalue weighted by molar-refractivity contribution is 6.24. The third-order valence-electron chi connectivity index (χ3n) is 9.80. The van der Waals surface area contributed by atoms with Gasteiger partial charge in [0.15, 0.2) is 0 Å². The largest absolute Gasteiger partial charge is 0.279 e. The highest BCUT2D eigenvalue weighted by atomic mass is 15.2. The standard InChI is InChI=1S/C42H24N4/c1-3-12-34-33(11-1)41-43-35-13-4-6-15-37(35)46(41)42(44-34)45-36-14-5-2-10-31(36)32-21-20-27(24-38(32)45)30-22-28-18-16-25-8-7-9-26-17-19-29(23-30)40(28)39(25)26/h1-24H. The van der Waals surface area contributed by atoms with Crippen LogP contribution in [0.25, 0.3) is 98.8 Å². The molecule has 11 aromatic rings. The smallest absolute Gasteiger partial charge is 0.221 e. The summed E-state index contributed by atoms with van der Waals surface area (Å²) in [5.41, 5.74) is 8.45. The van der Waals surface area contributed by atoms with E-state index >= 15 is 0 Å². The zero-order chi connectivity index (χ0) is 29.9. The normalized spacial score (nSPS) is 12.3. The average Bonchev–Trinajstić information content (AvgIpc) is 3.66. The summed E-state index contributed by atoms with van der Waals surface area (Å²) in [5, 5.41) is 11.2. The minimum atomic E-state index is 0.835. The van der Waals surface area contributed by atoms with Gasteiger partial charge in [0.25, 0.3) is 0 Å². The van der Waals surface area contributed by atoms with Gasteiger partial charge in [0, 0.05) is 16.2 Å². The van der Waals surface area contributed by atoms with Crippen molar-refractivity contribution >= 4 is 81.7 Å². The average molecular weight is 585 g/mol. The van der Waals surface area contributed by atoms with Crippen molar-refractivity contribution < 1.29 is 0 Å². The van der Waals surface area contributed by atoms with Crippen LogP contribution in [-0.4, -0.2) is 18.9 Å². The molecule has 0 radical (unpaired) electrons. The molecule has 46 heavy (non-hydrogen) atoms. The minimum absolute atomic E-state index is 0.835. The lowest BCUT2D eigenvalue weighted by atomic mass is 9.91. The monoisotopic (exact) mass is 584 g/mol. The maximum Gasteiger partial charge on any atom is 0.221 e. The SMILES string of the molecule is c1cc2ccc3cc(-c4ccc5c6ccccc6n(-c6nc7ccccc7c7nc8ccccc8n67)c5c4)cc4ccc(c1)c2c34. The Hall–Kier alpha value is -6.26. The zero-order valence-corrected chi connectivity index (χ0v) is 24.6. The molecule has 0 N–H and O–H groups in total. The van der Waals surface area contributed by atoms with Crippen LogP contribution in [0.4, 0.5) is 0 Å². The third-order valence-corrected chi connectivity index (χ3v) is 9.80. The molecule has 3 heterocycles. The molecule has 212 valence electrons. The Labute approximate surface area is 262 Å². The van der Waals surface area contributed by atoms with Gasteiger partial charge in [0.05, 0.1) is 27.6 Å². The van der Waals surface area contributed by atoms with Crippen LogP contribution in [0, 0.1) is 0 Å². The first-order valence-corrected chi connectivity index (χ1v) is 15.7. The lowest BCUT2D eigenvalue weighted by molar-refractivity contribution is 0.979. The molecule has 0 aliphatic heterocycles. The summed E-state index contributed by atoms with van der Waals surface area (Å²) in [4.78, 5) is 10.5. The van der Waals surface area contributed by atoms with Crippen molar-refractivity contribution in [3.63, 3.8) is 0 Å². The first-order valence-electron chi connectivity index (χ1n) is 15.7. The van der Waals surface area contributed by atoms with Crippen molar-refractivity contribution in [3.05, 3.63) is 146 Å². The highest BCUT2D eigenvalue weighted by Gasteiger charge is 2.20. The van der Waals surface area contributed by atoms with E-state index in [1.54, 1.807) is 0 Å². The number of nitrogens with zero attached hydrogens (tertiary/aromatic N) is 4. The molecular formula is C42H24N4. The van der Waals surface area contributed by atoms with Crippen LogP contribution in [0.5, 0.6) is 0 Å². The van der Waals surface area contributed by atoms with E-state index in [1.807, 2.05) is 6.07 Å². The van der Waals surface area contributed by atoms with Gasteiger partial charge < -0.3 is 0 Å². The maximum atomic E-state index is 5.35. The second kappa shape index (κ2) is 8.68. The number of fused-ring (bicyclic) bond motifs is 8. The highest BCUT2D eigenvalue weighted by Crippen LogP contribution is 2.40. The summed E-state index contributed by atoms with van der Waals surface area (Å²) in [5.74, 6) is 0.835. The van der Waals surface area contributed by atoms with E-state index in [1.165, 1.54) is 54.2 Å². The van der Waals surface area contributed by atoms with Crippen molar-refractivity contribution in [2.75, 3.05) is 0 Å². The Balaban J connectivity index is 1.24. The quantitative estimate of drug-likeness (QED) is 0.190. The molecule has 0 atom stereocenters. The van der Waals surface area contributed by atoms with E-state index in [0.29, 0.717) is 0 Å². The molecule has 0 aliphatic rings. The van der Waals surface area contributed by atoms with E-state index in [2.05, 4.69) is 148 Å². The number of imidazole rings is 1. The van der Waals surface area contributed by atoms with Gasteiger partial charge >= 0.3 is 0 Å². The molecule has 0 amide bonds. The second-order valence-electron chi connectivity index (χ2n) is 12.3. The van der Waals surface area contributed by atoms with E-state index in [0.717, 1.165) is 44.6 Å². The van der Waals surface area contributed by atoms with E-state index < -0.39 is 0 Å². The summed E-state index contributed by atoms with van der Waals surface area (Å²) in [7, 11) is 0. The van der Waals surface area contributed by atoms with Gasteiger partial charge in [-0.1, -0.05) is 97.1 Å². The summed E-state index contributed by atoms with van der Waals surface area (Å²) < 4.78 is 4.55. The predicted octanol–water partition coefficient (Wildman–Crippen LogP) is 10.7. The van der Waals surface area contributed by atoms with Gasteiger partial charge in [-0.3, -0.25) is 8.97 Å². The fourth-order valence-electron chi connectivity index (χ4n) is 7.76. The number of para-hydroxylation sites is 4. The fraction of sp³-hybridized carbons (Fsp3) is 0. The van der Waals surface area contributed by atoms with Crippen LogP contribution >= 0.6 is 0 Å². The van der Waals surface area contributed by atoms with E-state index in [-0.39, 0.29) is 0 Å². The van der Waals surface area contributed by atoms with Crippen molar-refractivity contribution in [1.29, 1.82) is 0 Å². The Bertz CT molecular complexity index is 2970. The number of aromatic nitrogens is 4. The van der Waals surface area contributed by atoms with Crippen molar-refractivity contribution in [1.82, 2.24) is 18.9 Å². The Morgan fingerprint density at radius 3 is 1.83 bits per heavy atom. The van der Waals surface area contributed by atoms with Crippen LogP contribution in [0.15, 0.2) is 146 Å². The number of rotatable bonds is 2. The molecule has 0 saturated heterocycles. The van der Waals surface area contributed by atoms with Crippen molar-refractivity contribution in [2.24, 2.45) is 0 Å². The van der Waals surface area contributed by atoms with Crippen LogP contribution in [0.2, 0.25) is 0 Å². The van der Waals surface area contributed by atoms with E-state index in [4.69, 9.17) is 9.97 Å². The van der Waals surface area contributed by atoms with Crippen molar-refractivity contribution in [3.8, 4) is 17.1 Å². The van der Waals surface area contributed by atoms with Gasteiger partial charge in [-0.15, -0.1) is 0 Å². The number of benzene rings is 8. The molecule has 0 fully saturated rings. The minimum Gasteiger partial charge on any atom is -0.279 e. The van der Waals surface area contributed by atoms with Gasteiger partial charge in [0.2, 0.25) is 5.95 Å². The fourth-order valence-corrected chi connectivity index (χ4v) is 7.76. The number of hydrogen-bond donors (Lipinski definition) is 0. The summed E-state index contributed by atoms with van der Waals surface area (Å²) >= 11 is 0. The molecule has 8 aromatic carbocycles. The third kappa shape index (κ3) is 3.12. The second-order valence-corrected chi connectivity index (χ2v) is 12.3. The van der Waals surface area contributed by atoms with Crippen molar-refractivity contribution in [2.45, 2.75) is 0 Å². The molecular weight excluding hydrogens is 560 g/mol. The molecule has 0 aliphatic carbocycles. The van der Waals surface area contributed by atoms with Crippen LogP contribution in [0.1, 0.15) is 0 Å². The Morgan fingerprint density at radius 2 is 1.02 bits per heavy atom. The van der Waals surface area contributed by atoms with Gasteiger partial charge in [-0.25, -0.2) is 9.97 Å². The van der Waals surface area contributed by atoms with Gasteiger partial charge in [0.1, 0.15) is 5.65 Å². The maximum absolute atomic E-state index is 5.35. The summed E-state index contributed by atoms with van der Waals surface area (Å²) in [6.45, 7) is 0. The van der Waals surface area contributed by atoms with E-state index in [9.17, 15) is 0 Å². The molecule has 0 unspecified atom stereocenters. The zero-order valence-electron chi connectivity index (χ0n) is 24.6. The topological polar surface area (TPSA) is 35.1 Å². The predicted molar refractivity (Wildman–Crippen MR) is 191 cm³/mol.